The summed E-state index contributed by atoms with van der Waals surface area (Å²) >= 11 is 0. The minimum atomic E-state index is 0.830. The van der Waals surface area contributed by atoms with Crippen molar-refractivity contribution in [3.05, 3.63) is 59.7 Å². The smallest absolute Gasteiger partial charge is 0.0367 e. The third-order valence-electron chi connectivity index (χ3n) is 3.68. The van der Waals surface area contributed by atoms with E-state index in [1.165, 1.54) is 16.8 Å². The molecule has 0 saturated carbocycles. The molecule has 1 aliphatic heterocycles. The van der Waals surface area contributed by atoms with Crippen molar-refractivity contribution in [1.29, 1.82) is 0 Å². The van der Waals surface area contributed by atoms with Crippen molar-refractivity contribution in [1.82, 2.24) is 0 Å². The van der Waals surface area contributed by atoms with E-state index in [0.29, 0.717) is 0 Å². The fourth-order valence-corrected chi connectivity index (χ4v) is 2.61. The number of nitrogens with zero attached hydrogens (tertiary/aromatic N) is 1. The molecule has 0 aromatic heterocycles. The molecule has 1 aliphatic rings. The lowest BCUT2D eigenvalue weighted by Gasteiger charge is -2.22. The Morgan fingerprint density at radius 3 is 1.89 bits per heavy atom. The second-order valence-electron chi connectivity index (χ2n) is 4.85. The summed E-state index contributed by atoms with van der Waals surface area (Å²) in [5.41, 5.74) is 10.8. The Morgan fingerprint density at radius 1 is 0.778 bits per heavy atom. The number of nitrogens with two attached hydrogens (primary N) is 1. The van der Waals surface area contributed by atoms with Crippen molar-refractivity contribution in [3.63, 3.8) is 0 Å². The van der Waals surface area contributed by atoms with E-state index in [4.69, 9.17) is 5.73 Å². The molecule has 92 valence electrons. The van der Waals surface area contributed by atoms with Gasteiger partial charge in [0, 0.05) is 24.5 Å². The molecule has 2 aromatic rings. The Hall–Kier alpha value is -1.96. The van der Waals surface area contributed by atoms with Crippen LogP contribution in [0.25, 0.3) is 0 Å². The molecule has 0 unspecified atom stereocenters. The molecular formula is C16H18N2. The summed E-state index contributed by atoms with van der Waals surface area (Å²) < 4.78 is 0. The van der Waals surface area contributed by atoms with Crippen LogP contribution in [0, 0.1) is 0 Å². The molecule has 0 amide bonds. The Balaban J connectivity index is 1.80. The molecule has 0 radical (unpaired) electrons. The van der Waals surface area contributed by atoms with E-state index in [9.17, 15) is 0 Å². The predicted molar refractivity (Wildman–Crippen MR) is 76.9 cm³/mol. The van der Waals surface area contributed by atoms with Crippen molar-refractivity contribution < 1.29 is 0 Å². The van der Waals surface area contributed by atoms with Gasteiger partial charge in [0.15, 0.2) is 0 Å². The van der Waals surface area contributed by atoms with E-state index in [0.717, 1.165) is 31.6 Å². The molecule has 2 N–H and O–H groups in total. The quantitative estimate of drug-likeness (QED) is 0.774. The SMILES string of the molecule is Nc1ccc(N2CCc3ccccc3CC2)cc1. The van der Waals surface area contributed by atoms with Gasteiger partial charge < -0.3 is 10.6 Å². The van der Waals surface area contributed by atoms with Crippen LogP contribution in [-0.4, -0.2) is 13.1 Å². The molecule has 1 heterocycles. The Bertz CT molecular complexity index is 504. The first-order chi connectivity index (χ1) is 8.83. The van der Waals surface area contributed by atoms with E-state index in [2.05, 4.69) is 41.3 Å². The summed E-state index contributed by atoms with van der Waals surface area (Å²) in [6.45, 7) is 2.17. The van der Waals surface area contributed by atoms with Crippen LogP contribution in [0.5, 0.6) is 0 Å². The molecule has 0 saturated heterocycles. The highest BCUT2D eigenvalue weighted by Crippen LogP contribution is 2.21. The fraction of sp³-hybridized carbons (Fsp3) is 0.250. The number of hydrogen-bond donors (Lipinski definition) is 1. The highest BCUT2D eigenvalue weighted by molar-refractivity contribution is 5.53. The van der Waals surface area contributed by atoms with Gasteiger partial charge >= 0.3 is 0 Å². The van der Waals surface area contributed by atoms with Gasteiger partial charge in [-0.15, -0.1) is 0 Å². The molecule has 0 atom stereocenters. The number of benzene rings is 2. The standard InChI is InChI=1S/C16H18N2/c17-15-5-7-16(8-6-15)18-11-9-13-3-1-2-4-14(13)10-12-18/h1-8H,9-12,17H2. The summed E-state index contributed by atoms with van der Waals surface area (Å²) in [7, 11) is 0. The Labute approximate surface area is 108 Å². The van der Waals surface area contributed by atoms with E-state index in [-0.39, 0.29) is 0 Å². The minimum Gasteiger partial charge on any atom is -0.399 e. The molecule has 0 spiro atoms. The van der Waals surface area contributed by atoms with Crippen LogP contribution in [0.3, 0.4) is 0 Å². The third-order valence-corrected chi connectivity index (χ3v) is 3.68. The first-order valence-electron chi connectivity index (χ1n) is 6.50. The maximum Gasteiger partial charge on any atom is 0.0367 e. The minimum absolute atomic E-state index is 0.830. The Morgan fingerprint density at radius 2 is 1.33 bits per heavy atom. The molecule has 0 bridgehead atoms. The zero-order valence-electron chi connectivity index (χ0n) is 10.5. The van der Waals surface area contributed by atoms with Crippen LogP contribution in [0.15, 0.2) is 48.5 Å². The van der Waals surface area contributed by atoms with Crippen LogP contribution in [-0.2, 0) is 12.8 Å². The maximum absolute atomic E-state index is 5.74. The number of nitrogen functional groups attached to an aromatic ring is 1. The summed E-state index contributed by atoms with van der Waals surface area (Å²) in [5.74, 6) is 0. The van der Waals surface area contributed by atoms with Gasteiger partial charge in [-0.2, -0.15) is 0 Å². The highest BCUT2D eigenvalue weighted by atomic mass is 15.1. The monoisotopic (exact) mass is 238 g/mol. The van der Waals surface area contributed by atoms with Crippen LogP contribution in [0.2, 0.25) is 0 Å². The maximum atomic E-state index is 5.74. The van der Waals surface area contributed by atoms with Gasteiger partial charge in [-0.3, -0.25) is 0 Å². The summed E-state index contributed by atoms with van der Waals surface area (Å²) in [6.07, 6.45) is 2.25. The highest BCUT2D eigenvalue weighted by Gasteiger charge is 2.13. The van der Waals surface area contributed by atoms with Crippen LogP contribution < -0.4 is 10.6 Å². The molecular weight excluding hydrogens is 220 g/mol. The molecule has 0 aliphatic carbocycles. The van der Waals surface area contributed by atoms with E-state index in [1.807, 2.05) is 12.1 Å². The molecule has 0 fully saturated rings. The van der Waals surface area contributed by atoms with Gasteiger partial charge in [0.2, 0.25) is 0 Å². The van der Waals surface area contributed by atoms with Crippen molar-refractivity contribution in [3.8, 4) is 0 Å². The van der Waals surface area contributed by atoms with Crippen LogP contribution >= 0.6 is 0 Å². The van der Waals surface area contributed by atoms with Crippen molar-refractivity contribution in [2.24, 2.45) is 0 Å². The van der Waals surface area contributed by atoms with E-state index in [1.54, 1.807) is 0 Å². The van der Waals surface area contributed by atoms with Gasteiger partial charge in [-0.25, -0.2) is 0 Å². The molecule has 2 heteroatoms. The number of hydrogen-bond acceptors (Lipinski definition) is 2. The molecule has 2 nitrogen and oxygen atoms in total. The van der Waals surface area contributed by atoms with Gasteiger partial charge in [0.1, 0.15) is 0 Å². The van der Waals surface area contributed by atoms with Crippen molar-refractivity contribution in [2.75, 3.05) is 23.7 Å². The zero-order valence-corrected chi connectivity index (χ0v) is 10.5. The van der Waals surface area contributed by atoms with Gasteiger partial charge in [-0.05, 0) is 48.2 Å². The first-order valence-corrected chi connectivity index (χ1v) is 6.50. The summed E-state index contributed by atoms with van der Waals surface area (Å²) in [6, 6.07) is 17.0. The lowest BCUT2D eigenvalue weighted by atomic mass is 10.0. The van der Waals surface area contributed by atoms with Crippen LogP contribution in [0.4, 0.5) is 11.4 Å². The summed E-state index contributed by atoms with van der Waals surface area (Å²) in [5, 5.41) is 0. The average molecular weight is 238 g/mol. The Kier molecular flexibility index (Phi) is 2.93. The number of rotatable bonds is 1. The van der Waals surface area contributed by atoms with E-state index >= 15 is 0 Å². The second-order valence-corrected chi connectivity index (χ2v) is 4.85. The summed E-state index contributed by atoms with van der Waals surface area (Å²) in [4.78, 5) is 2.44. The largest absolute Gasteiger partial charge is 0.399 e. The predicted octanol–water partition coefficient (Wildman–Crippen LogP) is 2.87. The average Bonchev–Trinajstić information content (AvgIpc) is 2.62. The second kappa shape index (κ2) is 4.73. The topological polar surface area (TPSA) is 29.3 Å². The van der Waals surface area contributed by atoms with Gasteiger partial charge in [-0.1, -0.05) is 24.3 Å². The van der Waals surface area contributed by atoms with Crippen molar-refractivity contribution in [2.45, 2.75) is 12.8 Å². The normalized spacial score (nSPS) is 15.0. The van der Waals surface area contributed by atoms with Gasteiger partial charge in [0.05, 0.1) is 0 Å². The lowest BCUT2D eigenvalue weighted by Crippen LogP contribution is -2.25. The molecule has 3 rings (SSSR count). The molecule has 18 heavy (non-hydrogen) atoms. The van der Waals surface area contributed by atoms with Gasteiger partial charge in [0.25, 0.3) is 0 Å². The first kappa shape index (κ1) is 11.1. The lowest BCUT2D eigenvalue weighted by molar-refractivity contribution is 0.806. The van der Waals surface area contributed by atoms with E-state index < -0.39 is 0 Å². The fourth-order valence-electron chi connectivity index (χ4n) is 2.61. The number of fused-ring (bicyclic) bond motifs is 1. The van der Waals surface area contributed by atoms with Crippen molar-refractivity contribution >= 4 is 11.4 Å². The zero-order chi connectivity index (χ0) is 12.4. The van der Waals surface area contributed by atoms with Crippen LogP contribution in [0.1, 0.15) is 11.1 Å². The molecule has 2 aromatic carbocycles. The number of anilines is 2. The third kappa shape index (κ3) is 2.19.